The first-order valence-electron chi connectivity index (χ1n) is 5.98. The van der Waals surface area contributed by atoms with Crippen LogP contribution in [-0.4, -0.2) is 14.5 Å². The first-order chi connectivity index (χ1) is 8.20. The number of hydrogen-bond donors (Lipinski definition) is 0. The fraction of sp³-hybridized carbons (Fsp3) is 0.462. The molecule has 4 nitrogen and oxygen atoms in total. The minimum Gasteiger partial charge on any atom is -0.299 e. The first-order valence-corrected chi connectivity index (χ1v) is 5.98. The Morgan fingerprint density at radius 1 is 1.18 bits per heavy atom. The van der Waals surface area contributed by atoms with Gasteiger partial charge in [0.25, 0.3) is 5.56 Å². The largest absolute Gasteiger partial charge is 0.299 e. The number of aryl methyl sites for hydroxylation is 1. The molecule has 17 heavy (non-hydrogen) atoms. The highest BCUT2D eigenvalue weighted by atomic mass is 16.1. The van der Waals surface area contributed by atoms with E-state index in [2.05, 4.69) is 9.97 Å². The number of hydrogen-bond acceptors (Lipinski definition) is 3. The van der Waals surface area contributed by atoms with E-state index in [0.29, 0.717) is 16.9 Å². The molecule has 0 saturated heterocycles. The number of rotatable bonds is 0. The zero-order valence-electron chi connectivity index (χ0n) is 11.5. The predicted molar refractivity (Wildman–Crippen MR) is 72.2 cm³/mol. The zero-order valence-corrected chi connectivity index (χ0v) is 11.5. The van der Waals surface area contributed by atoms with Crippen LogP contribution in [0.25, 0.3) is 11.0 Å². The maximum Gasteiger partial charge on any atom is 0.262 e. The third-order valence-corrected chi connectivity index (χ3v) is 2.07. The van der Waals surface area contributed by atoms with Gasteiger partial charge in [-0.15, -0.1) is 0 Å². The maximum atomic E-state index is 11.6. The molecule has 0 spiro atoms. The van der Waals surface area contributed by atoms with E-state index in [4.69, 9.17) is 0 Å². The molecule has 0 amide bonds. The van der Waals surface area contributed by atoms with Crippen molar-refractivity contribution < 1.29 is 0 Å². The van der Waals surface area contributed by atoms with Crippen molar-refractivity contribution in [2.45, 2.75) is 34.6 Å². The van der Waals surface area contributed by atoms with Gasteiger partial charge in [0, 0.05) is 13.2 Å². The average Bonchev–Trinajstić information content (AvgIpc) is 2.41. The highest BCUT2D eigenvalue weighted by Gasteiger charge is 2.03. The first kappa shape index (κ1) is 15.3. The van der Waals surface area contributed by atoms with E-state index in [1.807, 2.05) is 27.7 Å². The highest BCUT2D eigenvalue weighted by Crippen LogP contribution is 2.02. The zero-order chi connectivity index (χ0) is 13.4. The molecule has 0 radical (unpaired) electrons. The summed E-state index contributed by atoms with van der Waals surface area (Å²) in [5.74, 6) is 0.677. The Bertz CT molecular complexity index is 518. The molecule has 0 atom stereocenters. The summed E-state index contributed by atoms with van der Waals surface area (Å²) in [6, 6.07) is 3.47. The fourth-order valence-electron chi connectivity index (χ4n) is 1.21. The second-order valence-electron chi connectivity index (χ2n) is 2.90. The van der Waals surface area contributed by atoms with Gasteiger partial charge in [-0.1, -0.05) is 27.7 Å². The van der Waals surface area contributed by atoms with Gasteiger partial charge in [0.1, 0.15) is 5.82 Å². The molecule has 0 aliphatic heterocycles. The molecule has 2 aromatic rings. The molecule has 2 rings (SSSR count). The monoisotopic (exact) mass is 235 g/mol. The Hall–Kier alpha value is -1.71. The molecule has 0 bridgehead atoms. The summed E-state index contributed by atoms with van der Waals surface area (Å²) in [5, 5.41) is 0.565. The van der Waals surface area contributed by atoms with Gasteiger partial charge in [-0.3, -0.25) is 9.36 Å². The Kier molecular flexibility index (Phi) is 6.79. The van der Waals surface area contributed by atoms with Crippen molar-refractivity contribution in [2.24, 2.45) is 7.05 Å². The van der Waals surface area contributed by atoms with Gasteiger partial charge >= 0.3 is 0 Å². The summed E-state index contributed by atoms with van der Waals surface area (Å²) in [6.07, 6.45) is 1.63. The maximum absolute atomic E-state index is 11.6. The molecule has 0 aliphatic rings. The van der Waals surface area contributed by atoms with E-state index in [9.17, 15) is 4.79 Å². The third kappa shape index (κ3) is 3.37. The average molecular weight is 235 g/mol. The molecule has 2 aromatic heterocycles. The van der Waals surface area contributed by atoms with Crippen molar-refractivity contribution in [3.8, 4) is 0 Å². The van der Waals surface area contributed by atoms with Crippen molar-refractivity contribution in [3.63, 3.8) is 0 Å². The molecular weight excluding hydrogens is 214 g/mol. The van der Waals surface area contributed by atoms with Crippen molar-refractivity contribution in [3.05, 3.63) is 34.5 Å². The van der Waals surface area contributed by atoms with E-state index >= 15 is 0 Å². The van der Waals surface area contributed by atoms with Gasteiger partial charge in [-0.2, -0.15) is 0 Å². The SMILES string of the molecule is CC.CC.Cc1nc2ncccc2c(=O)n1C. The molecule has 0 fully saturated rings. The lowest BCUT2D eigenvalue weighted by molar-refractivity contribution is 0.789. The Balaban J connectivity index is 0.000000581. The third-order valence-electron chi connectivity index (χ3n) is 2.07. The molecule has 0 N–H and O–H groups in total. The lowest BCUT2D eigenvalue weighted by atomic mass is 10.3. The van der Waals surface area contributed by atoms with E-state index in [0.717, 1.165) is 0 Å². The van der Waals surface area contributed by atoms with Crippen LogP contribution in [0.15, 0.2) is 23.1 Å². The van der Waals surface area contributed by atoms with Crippen LogP contribution in [0, 0.1) is 6.92 Å². The summed E-state index contributed by atoms with van der Waals surface area (Å²) in [4.78, 5) is 19.8. The molecule has 0 aliphatic carbocycles. The van der Waals surface area contributed by atoms with Crippen LogP contribution < -0.4 is 5.56 Å². The number of nitrogens with zero attached hydrogens (tertiary/aromatic N) is 3. The van der Waals surface area contributed by atoms with Gasteiger partial charge in [0.05, 0.1) is 5.39 Å². The topological polar surface area (TPSA) is 47.8 Å². The summed E-state index contributed by atoms with van der Waals surface area (Å²) < 4.78 is 1.52. The summed E-state index contributed by atoms with van der Waals surface area (Å²) in [6.45, 7) is 9.79. The molecule has 2 heterocycles. The number of pyridine rings is 1. The fourth-order valence-corrected chi connectivity index (χ4v) is 1.21. The second-order valence-corrected chi connectivity index (χ2v) is 2.90. The molecule has 0 saturated carbocycles. The van der Waals surface area contributed by atoms with Crippen LogP contribution >= 0.6 is 0 Å². The number of aromatic nitrogens is 3. The van der Waals surface area contributed by atoms with E-state index in [1.165, 1.54) is 4.57 Å². The van der Waals surface area contributed by atoms with Crippen LogP contribution in [-0.2, 0) is 7.05 Å². The van der Waals surface area contributed by atoms with Crippen molar-refractivity contribution in [2.75, 3.05) is 0 Å². The molecule has 4 heteroatoms. The quantitative estimate of drug-likeness (QED) is 0.705. The molecule has 0 aromatic carbocycles. The summed E-state index contributed by atoms with van der Waals surface area (Å²) in [5.41, 5.74) is 0.471. The van der Waals surface area contributed by atoms with Crippen molar-refractivity contribution in [1.82, 2.24) is 14.5 Å². The Morgan fingerprint density at radius 2 is 1.76 bits per heavy atom. The van der Waals surface area contributed by atoms with E-state index in [1.54, 1.807) is 32.3 Å². The lowest BCUT2D eigenvalue weighted by Crippen LogP contribution is -2.20. The smallest absolute Gasteiger partial charge is 0.262 e. The van der Waals surface area contributed by atoms with Crippen molar-refractivity contribution in [1.29, 1.82) is 0 Å². The lowest BCUT2D eigenvalue weighted by Gasteiger charge is -2.02. The Morgan fingerprint density at radius 3 is 2.35 bits per heavy atom. The Labute approximate surface area is 102 Å². The van der Waals surface area contributed by atoms with Gasteiger partial charge in [0.2, 0.25) is 0 Å². The molecule has 94 valence electrons. The van der Waals surface area contributed by atoms with Gasteiger partial charge in [-0.05, 0) is 19.1 Å². The van der Waals surface area contributed by atoms with E-state index < -0.39 is 0 Å². The molecular formula is C13H21N3O. The highest BCUT2D eigenvalue weighted by molar-refractivity contribution is 5.72. The minimum absolute atomic E-state index is 0.0457. The number of fused-ring (bicyclic) bond motifs is 1. The van der Waals surface area contributed by atoms with Crippen LogP contribution in [0.5, 0.6) is 0 Å². The van der Waals surface area contributed by atoms with Gasteiger partial charge < -0.3 is 0 Å². The normalized spacial score (nSPS) is 8.82. The molecule has 0 unspecified atom stereocenters. The summed E-state index contributed by atoms with van der Waals surface area (Å²) in [7, 11) is 1.71. The van der Waals surface area contributed by atoms with Gasteiger partial charge in [-0.25, -0.2) is 9.97 Å². The summed E-state index contributed by atoms with van der Waals surface area (Å²) >= 11 is 0. The van der Waals surface area contributed by atoms with Crippen LogP contribution in [0.4, 0.5) is 0 Å². The standard InChI is InChI=1S/C9H9N3O.2C2H6/c1-6-11-8-7(4-3-5-10-8)9(13)12(6)2;2*1-2/h3-5H,1-2H3;2*1-2H3. The second kappa shape index (κ2) is 7.54. The van der Waals surface area contributed by atoms with Crippen molar-refractivity contribution >= 4 is 11.0 Å². The van der Waals surface area contributed by atoms with Crippen LogP contribution in [0.1, 0.15) is 33.5 Å². The van der Waals surface area contributed by atoms with Crippen LogP contribution in [0.3, 0.4) is 0 Å². The van der Waals surface area contributed by atoms with Crippen LogP contribution in [0.2, 0.25) is 0 Å². The van der Waals surface area contributed by atoms with Gasteiger partial charge in [0.15, 0.2) is 5.65 Å². The minimum atomic E-state index is -0.0457. The van der Waals surface area contributed by atoms with E-state index in [-0.39, 0.29) is 5.56 Å². The predicted octanol–water partition coefficient (Wildman–Crippen LogP) is 2.69.